The Morgan fingerprint density at radius 2 is 1.74 bits per heavy atom. The van der Waals surface area contributed by atoms with Crippen LogP contribution in [-0.4, -0.2) is 47.1 Å². The maximum Gasteiger partial charge on any atom is 0.257 e. The molecule has 2 aliphatic rings. The Balaban J connectivity index is 1.16. The zero-order valence-electron chi connectivity index (χ0n) is 18.9. The molecule has 0 radical (unpaired) electrons. The summed E-state index contributed by atoms with van der Waals surface area (Å²) in [5.41, 5.74) is 2.09. The molecular formula is C26H28N4O2S2. The summed E-state index contributed by atoms with van der Waals surface area (Å²) < 4.78 is 0. The molecule has 0 saturated carbocycles. The van der Waals surface area contributed by atoms with Crippen molar-refractivity contribution in [2.45, 2.75) is 31.8 Å². The van der Waals surface area contributed by atoms with Gasteiger partial charge in [0.1, 0.15) is 0 Å². The Labute approximate surface area is 207 Å². The van der Waals surface area contributed by atoms with Gasteiger partial charge < -0.3 is 5.32 Å². The monoisotopic (exact) mass is 492 g/mol. The fourth-order valence-electron chi connectivity index (χ4n) is 4.58. The van der Waals surface area contributed by atoms with E-state index >= 15 is 0 Å². The Morgan fingerprint density at radius 3 is 2.44 bits per heavy atom. The van der Waals surface area contributed by atoms with Crippen LogP contribution < -0.4 is 5.32 Å². The molecule has 34 heavy (non-hydrogen) atoms. The molecule has 5 rings (SSSR count). The lowest BCUT2D eigenvalue weighted by molar-refractivity contribution is -0.134. The topological polar surface area (TPSA) is 65.0 Å². The smallest absolute Gasteiger partial charge is 0.257 e. The van der Waals surface area contributed by atoms with E-state index in [0.29, 0.717) is 13.1 Å². The van der Waals surface area contributed by atoms with Crippen LogP contribution in [0, 0.1) is 5.92 Å². The Bertz CT molecular complexity index is 1120. The van der Waals surface area contributed by atoms with E-state index in [4.69, 9.17) is 5.10 Å². The number of piperidine rings is 1. The van der Waals surface area contributed by atoms with Crippen LogP contribution >= 0.6 is 22.7 Å². The number of carbonyl (C=O) groups excluding carboxylic acids is 2. The quantitative estimate of drug-likeness (QED) is 0.528. The van der Waals surface area contributed by atoms with Gasteiger partial charge in [0, 0.05) is 23.8 Å². The molecule has 8 heteroatoms. The zero-order chi connectivity index (χ0) is 23.3. The summed E-state index contributed by atoms with van der Waals surface area (Å²) in [7, 11) is 0. The van der Waals surface area contributed by atoms with Crippen molar-refractivity contribution < 1.29 is 9.59 Å². The molecule has 2 amide bonds. The highest BCUT2D eigenvalue weighted by atomic mass is 32.1. The summed E-state index contributed by atoms with van der Waals surface area (Å²) in [5, 5.41) is 13.6. The SMILES string of the molecule is O=C(NCc1ccccc1)C1CCN(CC(=O)N2N=C(c3cccs3)CC2c2cccs2)CC1. The van der Waals surface area contributed by atoms with Gasteiger partial charge in [-0.05, 0) is 54.4 Å². The third-order valence-electron chi connectivity index (χ3n) is 6.47. The van der Waals surface area contributed by atoms with E-state index in [1.807, 2.05) is 47.8 Å². The Kier molecular flexibility index (Phi) is 7.18. The first-order valence-electron chi connectivity index (χ1n) is 11.7. The summed E-state index contributed by atoms with van der Waals surface area (Å²) in [6.45, 7) is 2.38. The molecule has 2 aromatic heterocycles. The van der Waals surface area contributed by atoms with Crippen molar-refractivity contribution in [2.75, 3.05) is 19.6 Å². The number of hydrogen-bond acceptors (Lipinski definition) is 6. The lowest BCUT2D eigenvalue weighted by atomic mass is 9.95. The minimum absolute atomic E-state index is 0.00386. The molecule has 176 valence electrons. The van der Waals surface area contributed by atoms with Gasteiger partial charge in [-0.3, -0.25) is 14.5 Å². The summed E-state index contributed by atoms with van der Waals surface area (Å²) >= 11 is 3.33. The number of carbonyl (C=O) groups is 2. The Morgan fingerprint density at radius 1 is 0.971 bits per heavy atom. The van der Waals surface area contributed by atoms with Crippen molar-refractivity contribution in [1.29, 1.82) is 0 Å². The molecular weight excluding hydrogens is 464 g/mol. The molecule has 3 aromatic rings. The summed E-state index contributed by atoms with van der Waals surface area (Å²) in [5.74, 6) is 0.137. The number of hydrazone groups is 1. The van der Waals surface area contributed by atoms with Gasteiger partial charge >= 0.3 is 0 Å². The highest BCUT2D eigenvalue weighted by Gasteiger charge is 2.35. The lowest BCUT2D eigenvalue weighted by Gasteiger charge is -2.32. The largest absolute Gasteiger partial charge is 0.352 e. The van der Waals surface area contributed by atoms with Gasteiger partial charge in [-0.25, -0.2) is 5.01 Å². The maximum absolute atomic E-state index is 13.3. The van der Waals surface area contributed by atoms with E-state index in [1.54, 1.807) is 27.7 Å². The van der Waals surface area contributed by atoms with Crippen molar-refractivity contribution in [3.8, 4) is 0 Å². The number of hydrogen-bond donors (Lipinski definition) is 1. The summed E-state index contributed by atoms with van der Waals surface area (Å²) in [4.78, 5) is 30.4. The van der Waals surface area contributed by atoms with E-state index in [2.05, 4.69) is 27.7 Å². The number of thiophene rings is 2. The van der Waals surface area contributed by atoms with E-state index in [-0.39, 0.29) is 23.8 Å². The minimum atomic E-state index is -0.0362. The Hall–Kier alpha value is -2.81. The van der Waals surface area contributed by atoms with Crippen LogP contribution in [0.3, 0.4) is 0 Å². The minimum Gasteiger partial charge on any atom is -0.352 e. The second kappa shape index (κ2) is 10.6. The number of benzene rings is 1. The normalized spacial score (nSPS) is 19.2. The molecule has 6 nitrogen and oxygen atoms in total. The number of likely N-dealkylation sites (tertiary alicyclic amines) is 1. The summed E-state index contributed by atoms with van der Waals surface area (Å²) in [6, 6.07) is 18.1. The van der Waals surface area contributed by atoms with Gasteiger partial charge in [0.15, 0.2) is 0 Å². The maximum atomic E-state index is 13.3. The molecule has 1 N–H and O–H groups in total. The van der Waals surface area contributed by atoms with Crippen molar-refractivity contribution in [3.63, 3.8) is 0 Å². The third kappa shape index (κ3) is 5.29. The average Bonchev–Trinajstić information content (AvgIpc) is 3.64. The predicted octanol–water partition coefficient (Wildman–Crippen LogP) is 4.52. The molecule has 1 unspecified atom stereocenters. The van der Waals surface area contributed by atoms with E-state index in [1.165, 1.54) is 0 Å². The molecule has 2 aliphatic heterocycles. The molecule has 0 bridgehead atoms. The van der Waals surface area contributed by atoms with Crippen molar-refractivity contribution in [3.05, 3.63) is 80.7 Å². The molecule has 1 aromatic carbocycles. The standard InChI is InChI=1S/C26H28N4O2S2/c31-25(30-22(24-9-5-15-34-24)16-21(28-30)23-8-4-14-33-23)18-29-12-10-20(11-13-29)26(32)27-17-19-6-2-1-3-7-19/h1-9,14-15,20,22H,10-13,16-18H2,(H,27,32). The molecule has 0 aliphatic carbocycles. The van der Waals surface area contributed by atoms with Crippen molar-refractivity contribution in [2.24, 2.45) is 11.0 Å². The van der Waals surface area contributed by atoms with Gasteiger partial charge in [-0.1, -0.05) is 42.5 Å². The van der Waals surface area contributed by atoms with E-state index in [9.17, 15) is 9.59 Å². The second-order valence-corrected chi connectivity index (χ2v) is 10.7. The summed E-state index contributed by atoms with van der Waals surface area (Å²) in [6.07, 6.45) is 2.29. The second-order valence-electron chi connectivity index (χ2n) is 8.75. The highest BCUT2D eigenvalue weighted by molar-refractivity contribution is 7.12. The third-order valence-corrected chi connectivity index (χ3v) is 8.36. The lowest BCUT2D eigenvalue weighted by Crippen LogP contribution is -2.44. The van der Waals surface area contributed by atoms with E-state index in [0.717, 1.165) is 53.4 Å². The molecule has 1 fully saturated rings. The van der Waals surface area contributed by atoms with Crippen molar-refractivity contribution in [1.82, 2.24) is 15.2 Å². The highest BCUT2D eigenvalue weighted by Crippen LogP contribution is 2.36. The van der Waals surface area contributed by atoms with Crippen LogP contribution in [0.4, 0.5) is 0 Å². The van der Waals surface area contributed by atoms with Crippen LogP contribution in [0.5, 0.6) is 0 Å². The van der Waals surface area contributed by atoms with Gasteiger partial charge in [-0.2, -0.15) is 5.10 Å². The van der Waals surface area contributed by atoms with Crippen LogP contribution in [0.25, 0.3) is 0 Å². The molecule has 0 spiro atoms. The first kappa shape index (κ1) is 23.0. The average molecular weight is 493 g/mol. The molecule has 4 heterocycles. The predicted molar refractivity (Wildman–Crippen MR) is 137 cm³/mol. The van der Waals surface area contributed by atoms with Gasteiger partial charge in [0.05, 0.1) is 23.2 Å². The van der Waals surface area contributed by atoms with Gasteiger partial charge in [-0.15, -0.1) is 22.7 Å². The fraction of sp³-hybridized carbons (Fsp3) is 0.346. The van der Waals surface area contributed by atoms with Gasteiger partial charge in [0.25, 0.3) is 5.91 Å². The number of rotatable bonds is 7. The van der Waals surface area contributed by atoms with E-state index < -0.39 is 0 Å². The first-order valence-corrected chi connectivity index (χ1v) is 13.4. The van der Waals surface area contributed by atoms with Crippen LogP contribution in [0.1, 0.15) is 40.6 Å². The van der Waals surface area contributed by atoms with Crippen LogP contribution in [-0.2, 0) is 16.1 Å². The molecule has 1 saturated heterocycles. The van der Waals surface area contributed by atoms with Crippen LogP contribution in [0.15, 0.2) is 70.5 Å². The number of nitrogens with zero attached hydrogens (tertiary/aromatic N) is 3. The number of amides is 2. The zero-order valence-corrected chi connectivity index (χ0v) is 20.6. The van der Waals surface area contributed by atoms with Crippen LogP contribution in [0.2, 0.25) is 0 Å². The van der Waals surface area contributed by atoms with Crippen molar-refractivity contribution >= 4 is 40.2 Å². The first-order chi connectivity index (χ1) is 16.7. The number of nitrogens with one attached hydrogen (secondary N) is 1. The molecule has 1 atom stereocenters. The fourth-order valence-corrected chi connectivity index (χ4v) is 6.11. The van der Waals surface area contributed by atoms with Gasteiger partial charge in [0.2, 0.25) is 5.91 Å².